The molecule has 229 valence electrons. The number of hydrazone groups is 1. The van der Waals surface area contributed by atoms with Crippen molar-refractivity contribution in [2.24, 2.45) is 62.3 Å². The normalized spacial score (nSPS) is 49.3. The Hall–Kier alpha value is -1.24. The van der Waals surface area contributed by atoms with Crippen LogP contribution < -0.4 is 5.43 Å². The quantitative estimate of drug-likeness (QED) is 0.167. The monoisotopic (exact) mass is 640 g/mol. The van der Waals surface area contributed by atoms with Gasteiger partial charge in [0, 0.05) is 0 Å². The number of fused-ring (bicyclic) bond motifs is 7. The van der Waals surface area contributed by atoms with E-state index in [0.29, 0.717) is 46.2 Å². The maximum absolute atomic E-state index is 10.6. The van der Waals surface area contributed by atoms with E-state index in [1.165, 1.54) is 30.5 Å². The van der Waals surface area contributed by atoms with Gasteiger partial charge in [-0.1, -0.05) is 0 Å². The first-order valence-corrected chi connectivity index (χ1v) is 17.5. The summed E-state index contributed by atoms with van der Waals surface area (Å²) in [4.78, 5) is 4.79. The van der Waals surface area contributed by atoms with Gasteiger partial charge in [-0.15, -0.1) is 0 Å². The molecule has 0 aromatic heterocycles. The Kier molecular flexibility index (Phi) is 7.50. The number of amidine groups is 1. The van der Waals surface area contributed by atoms with E-state index in [1.54, 1.807) is 0 Å². The van der Waals surface area contributed by atoms with Crippen LogP contribution in [0.25, 0.3) is 0 Å². The van der Waals surface area contributed by atoms with Crippen LogP contribution in [-0.4, -0.2) is 56.2 Å². The third kappa shape index (κ3) is 4.59. The zero-order chi connectivity index (χ0) is 29.4. The minimum atomic E-state index is -0.440. The molecule has 2 saturated heterocycles. The van der Waals surface area contributed by atoms with Crippen LogP contribution in [0.4, 0.5) is 5.69 Å². The molecule has 6 nitrogen and oxygen atoms in total. The second-order valence-electron chi connectivity index (χ2n) is 15.5. The molecule has 1 aromatic carbocycles. The zero-order valence-corrected chi connectivity index (χ0v) is 27.9. The summed E-state index contributed by atoms with van der Waals surface area (Å²) in [7, 11) is 0. The molecule has 6 aliphatic rings. The van der Waals surface area contributed by atoms with E-state index in [1.807, 2.05) is 12.1 Å². The molecule has 0 bridgehead atoms. The summed E-state index contributed by atoms with van der Waals surface area (Å²) in [6.45, 7) is 12.7. The molecule has 12 atom stereocenters. The van der Waals surface area contributed by atoms with Gasteiger partial charge < -0.3 is 0 Å². The van der Waals surface area contributed by atoms with Gasteiger partial charge in [-0.3, -0.25) is 0 Å². The number of aliphatic imine (C=N–C) groups is 1. The average Bonchev–Trinajstić information content (AvgIpc) is 3.41. The van der Waals surface area contributed by atoms with E-state index in [2.05, 4.69) is 68.2 Å². The van der Waals surface area contributed by atoms with Crippen molar-refractivity contribution in [2.75, 3.05) is 6.61 Å². The first-order valence-electron chi connectivity index (χ1n) is 16.7. The van der Waals surface area contributed by atoms with Gasteiger partial charge in [-0.2, -0.15) is 0 Å². The molecule has 0 unspecified atom stereocenters. The minimum absolute atomic E-state index is 0.0459. The number of aliphatic hydroxyl groups is 1. The summed E-state index contributed by atoms with van der Waals surface area (Å²) in [5, 5.41) is 15.9. The summed E-state index contributed by atoms with van der Waals surface area (Å²) in [5.74, 6) is 3.33. The third-order valence-electron chi connectivity index (χ3n) is 13.4. The Morgan fingerprint density at radius 1 is 1.02 bits per heavy atom. The maximum atomic E-state index is 10.6. The molecular formula is C35H50N3O3Se. The van der Waals surface area contributed by atoms with Gasteiger partial charge in [-0.25, -0.2) is 0 Å². The molecular weight excluding hydrogens is 589 g/mol. The van der Waals surface area contributed by atoms with Gasteiger partial charge >= 0.3 is 261 Å². The van der Waals surface area contributed by atoms with Crippen molar-refractivity contribution < 1.29 is 14.6 Å². The number of hydrogen-bond acceptors (Lipinski definition) is 5. The Labute approximate surface area is 260 Å². The number of aryl methyl sites for hydroxylation is 1. The van der Waals surface area contributed by atoms with Crippen molar-refractivity contribution in [3.8, 4) is 0 Å². The molecule has 1 aromatic rings. The molecule has 0 amide bonds. The van der Waals surface area contributed by atoms with Crippen molar-refractivity contribution >= 4 is 32.1 Å². The van der Waals surface area contributed by atoms with E-state index < -0.39 is 5.79 Å². The van der Waals surface area contributed by atoms with Gasteiger partial charge in [0.05, 0.1) is 0 Å². The van der Waals surface area contributed by atoms with Crippen LogP contribution in [0.1, 0.15) is 91.0 Å². The number of ether oxygens (including phenoxy) is 2. The number of rotatable bonds is 2. The van der Waals surface area contributed by atoms with Gasteiger partial charge in [0.25, 0.3) is 0 Å². The topological polar surface area (TPSA) is 75.4 Å². The van der Waals surface area contributed by atoms with Crippen molar-refractivity contribution in [3.63, 3.8) is 0 Å². The molecule has 4 saturated carbocycles. The van der Waals surface area contributed by atoms with E-state index in [0.717, 1.165) is 50.8 Å². The van der Waals surface area contributed by atoms with Gasteiger partial charge in [-0.05, 0) is 0 Å². The van der Waals surface area contributed by atoms with E-state index in [-0.39, 0.29) is 23.0 Å². The van der Waals surface area contributed by atoms with E-state index in [9.17, 15) is 5.11 Å². The van der Waals surface area contributed by atoms with Gasteiger partial charge in [0.15, 0.2) is 0 Å². The third-order valence-corrected chi connectivity index (χ3v) is 13.7. The van der Waals surface area contributed by atoms with Crippen LogP contribution in [0.5, 0.6) is 0 Å². The number of nitrogens with zero attached hydrogens (tertiary/aromatic N) is 2. The molecule has 1 radical (unpaired) electrons. The van der Waals surface area contributed by atoms with Crippen molar-refractivity contribution in [1.29, 1.82) is 0 Å². The van der Waals surface area contributed by atoms with Crippen LogP contribution >= 0.6 is 0 Å². The molecule has 6 fully saturated rings. The first-order chi connectivity index (χ1) is 20.0. The average molecular weight is 640 g/mol. The number of aliphatic hydroxyl groups excluding tert-OH is 1. The molecule has 2 aliphatic heterocycles. The van der Waals surface area contributed by atoms with Crippen LogP contribution in [0.2, 0.25) is 0 Å². The van der Waals surface area contributed by atoms with E-state index >= 15 is 0 Å². The molecule has 7 rings (SSSR count). The predicted octanol–water partition coefficient (Wildman–Crippen LogP) is 6.51. The fraction of sp³-hybridized carbons (Fsp3) is 0.771. The van der Waals surface area contributed by atoms with Crippen LogP contribution in [-0.2, 0) is 9.47 Å². The SMILES string of the molecule is Cc1ccc(N=C([Se])N/N=C2\C[C@H]3[C@@H](CC[C@H]4C[C@@H](O)CC[C@@]43C)[C@@H]3C[C@@H]4O[C@]5(CC[C@@H](C)CO5)[C@@H](C)[C@@H]4[C@@]23C)cc1. The molecule has 2 N–H and O–H groups in total. The predicted molar refractivity (Wildman–Crippen MR) is 168 cm³/mol. The molecule has 1 spiro atoms. The standard InChI is InChI=1S/C35H50N3O3Se/c1-20-6-9-24(10-7-20)36-32(42)38-37-30-18-27-26(11-8-23-16-25(39)13-14-33(23,27)4)28-17-29-31(34(28,30)5)22(3)35(41-29)15-12-21(2)19-40-35/h6-7,9-10,21-23,25-29,31,39H,8,11-19H2,1-5H3,(H,36,38)/b37-30+/t21-,22+,23+,25+,26-,27+,28+,29+,31+,33+,34-,35-/m1/s1. The first kappa shape index (κ1) is 29.5. The summed E-state index contributed by atoms with van der Waals surface area (Å²) in [6, 6.07) is 8.29. The number of nitrogens with one attached hydrogen (secondary N) is 1. The summed E-state index contributed by atoms with van der Waals surface area (Å²) in [6.07, 6.45) is 9.94. The zero-order valence-electron chi connectivity index (χ0n) is 26.1. The summed E-state index contributed by atoms with van der Waals surface area (Å²) >= 11 is 3.13. The molecule has 4 aliphatic carbocycles. The van der Waals surface area contributed by atoms with E-state index in [4.69, 9.17) is 19.6 Å². The summed E-state index contributed by atoms with van der Waals surface area (Å²) < 4.78 is 14.4. The Bertz CT molecular complexity index is 1240. The van der Waals surface area contributed by atoms with Crippen LogP contribution in [0.15, 0.2) is 34.4 Å². The fourth-order valence-corrected chi connectivity index (χ4v) is 11.3. The second-order valence-corrected chi connectivity index (χ2v) is 16.3. The van der Waals surface area contributed by atoms with Crippen molar-refractivity contribution in [2.45, 2.75) is 110 Å². The Morgan fingerprint density at radius 3 is 2.55 bits per heavy atom. The Morgan fingerprint density at radius 2 is 1.81 bits per heavy atom. The van der Waals surface area contributed by atoms with Gasteiger partial charge in [0.1, 0.15) is 0 Å². The summed E-state index contributed by atoms with van der Waals surface area (Å²) in [5.41, 5.74) is 7.05. The van der Waals surface area contributed by atoms with Crippen molar-refractivity contribution in [1.82, 2.24) is 5.43 Å². The van der Waals surface area contributed by atoms with Gasteiger partial charge in [0.2, 0.25) is 0 Å². The molecule has 7 heteroatoms. The fourth-order valence-electron chi connectivity index (χ4n) is 11.0. The van der Waals surface area contributed by atoms with Crippen molar-refractivity contribution in [3.05, 3.63) is 29.8 Å². The molecule has 42 heavy (non-hydrogen) atoms. The Balaban J connectivity index is 1.24. The second kappa shape index (κ2) is 10.7. The molecule has 2 heterocycles. The van der Waals surface area contributed by atoms with Crippen LogP contribution in [0, 0.1) is 59.2 Å². The van der Waals surface area contributed by atoms with Crippen LogP contribution in [0.3, 0.4) is 0 Å². The number of benzene rings is 1. The number of hydrogen-bond donors (Lipinski definition) is 2.